The van der Waals surface area contributed by atoms with E-state index in [-0.39, 0.29) is 29.6 Å². The molecule has 8 heteroatoms. The lowest BCUT2D eigenvalue weighted by molar-refractivity contribution is 0.427. The molecule has 1 aromatic heterocycles. The van der Waals surface area contributed by atoms with Crippen molar-refractivity contribution < 1.29 is 12.8 Å². The Morgan fingerprint density at radius 3 is 2.89 bits per heavy atom. The van der Waals surface area contributed by atoms with Crippen molar-refractivity contribution in [3.63, 3.8) is 0 Å². The van der Waals surface area contributed by atoms with Crippen LogP contribution in [-0.4, -0.2) is 42.7 Å². The van der Waals surface area contributed by atoms with Crippen molar-refractivity contribution >= 4 is 15.9 Å². The van der Waals surface area contributed by atoms with Gasteiger partial charge in [-0.3, -0.25) is 0 Å². The van der Waals surface area contributed by atoms with Crippen LogP contribution in [0.1, 0.15) is 32.2 Å². The maximum atomic E-state index is 11.3. The molecule has 0 saturated carbocycles. The number of nitrogens with zero attached hydrogens (tertiary/aromatic N) is 2. The largest absolute Gasteiger partial charge is 0.406 e. The third-order valence-corrected chi connectivity index (χ3v) is 4.65. The Morgan fingerprint density at radius 1 is 1.50 bits per heavy atom. The molecule has 2 atom stereocenters. The molecule has 18 heavy (non-hydrogen) atoms. The van der Waals surface area contributed by atoms with Crippen LogP contribution < -0.4 is 10.6 Å². The second-order valence-electron chi connectivity index (χ2n) is 4.47. The molecule has 7 nitrogen and oxygen atoms in total. The third-order valence-electron chi connectivity index (χ3n) is 2.88. The van der Waals surface area contributed by atoms with E-state index in [0.717, 1.165) is 6.54 Å². The Kier molecular flexibility index (Phi) is 3.86. The van der Waals surface area contributed by atoms with Gasteiger partial charge in [0, 0.05) is 6.04 Å². The number of anilines is 1. The summed E-state index contributed by atoms with van der Waals surface area (Å²) in [7, 11) is -2.90. The molecule has 2 rings (SSSR count). The summed E-state index contributed by atoms with van der Waals surface area (Å²) in [5.41, 5.74) is 0. The van der Waals surface area contributed by atoms with E-state index in [2.05, 4.69) is 20.8 Å². The molecule has 0 radical (unpaired) electrons. The van der Waals surface area contributed by atoms with Gasteiger partial charge in [-0.1, -0.05) is 12.0 Å². The van der Waals surface area contributed by atoms with Gasteiger partial charge in [0.25, 0.3) is 0 Å². The van der Waals surface area contributed by atoms with Crippen molar-refractivity contribution in [2.45, 2.75) is 32.4 Å². The molecule has 0 aliphatic carbocycles. The first kappa shape index (κ1) is 13.3. The summed E-state index contributed by atoms with van der Waals surface area (Å²) >= 11 is 0. The molecule has 2 unspecified atom stereocenters. The van der Waals surface area contributed by atoms with Gasteiger partial charge in [-0.25, -0.2) is 8.42 Å². The summed E-state index contributed by atoms with van der Waals surface area (Å²) in [6.07, 6.45) is 0.586. The maximum absolute atomic E-state index is 11.3. The second-order valence-corrected chi connectivity index (χ2v) is 6.70. The fourth-order valence-corrected chi connectivity index (χ4v) is 3.62. The van der Waals surface area contributed by atoms with Crippen molar-refractivity contribution in [3.8, 4) is 0 Å². The van der Waals surface area contributed by atoms with Gasteiger partial charge in [-0.05, 0) is 19.9 Å². The molecule has 0 aromatic carbocycles. The van der Waals surface area contributed by atoms with Crippen LogP contribution in [0.15, 0.2) is 4.42 Å². The highest BCUT2D eigenvalue weighted by Crippen LogP contribution is 2.18. The fourth-order valence-electron chi connectivity index (χ4n) is 1.94. The SMILES string of the molecule is CCNC(C)c1nnc(NC2CCS(=O)(=O)C2)o1. The summed E-state index contributed by atoms with van der Waals surface area (Å²) in [5, 5.41) is 13.9. The minimum Gasteiger partial charge on any atom is -0.406 e. The van der Waals surface area contributed by atoms with Crippen molar-refractivity contribution in [2.75, 3.05) is 23.4 Å². The Bertz CT molecular complexity index is 499. The Hall–Kier alpha value is -1.15. The number of hydrogen-bond donors (Lipinski definition) is 2. The van der Waals surface area contributed by atoms with E-state index >= 15 is 0 Å². The molecule has 0 spiro atoms. The van der Waals surface area contributed by atoms with E-state index in [1.54, 1.807) is 0 Å². The summed E-state index contributed by atoms with van der Waals surface area (Å²) in [6.45, 7) is 4.74. The van der Waals surface area contributed by atoms with Crippen LogP contribution in [0.5, 0.6) is 0 Å². The molecular formula is C10H18N4O3S. The number of nitrogens with one attached hydrogen (secondary N) is 2. The van der Waals surface area contributed by atoms with Gasteiger partial charge in [0.2, 0.25) is 5.89 Å². The third kappa shape index (κ3) is 3.20. The predicted octanol–water partition coefficient (Wildman–Crippen LogP) is 0.339. The van der Waals surface area contributed by atoms with Gasteiger partial charge in [0.05, 0.1) is 17.5 Å². The zero-order valence-electron chi connectivity index (χ0n) is 10.5. The quantitative estimate of drug-likeness (QED) is 0.799. The van der Waals surface area contributed by atoms with Gasteiger partial charge < -0.3 is 15.1 Å². The van der Waals surface area contributed by atoms with Crippen LogP contribution in [0, 0.1) is 0 Å². The summed E-state index contributed by atoms with van der Waals surface area (Å²) in [6, 6.07) is 0.153. The van der Waals surface area contributed by atoms with Crippen LogP contribution in [0.25, 0.3) is 0 Å². The lowest BCUT2D eigenvalue weighted by Gasteiger charge is -2.08. The van der Waals surface area contributed by atoms with E-state index in [9.17, 15) is 8.42 Å². The van der Waals surface area contributed by atoms with Crippen LogP contribution in [0.3, 0.4) is 0 Å². The van der Waals surface area contributed by atoms with Crippen molar-refractivity contribution in [2.24, 2.45) is 0 Å². The van der Waals surface area contributed by atoms with Crippen molar-refractivity contribution in [1.29, 1.82) is 0 Å². The zero-order valence-corrected chi connectivity index (χ0v) is 11.3. The molecule has 1 aliphatic rings. The lowest BCUT2D eigenvalue weighted by Crippen LogP contribution is -2.20. The minimum atomic E-state index is -2.90. The number of sulfone groups is 1. The second kappa shape index (κ2) is 5.23. The number of hydrogen-bond acceptors (Lipinski definition) is 7. The monoisotopic (exact) mass is 274 g/mol. The van der Waals surface area contributed by atoms with Crippen molar-refractivity contribution in [3.05, 3.63) is 5.89 Å². The molecule has 1 aliphatic heterocycles. The Labute approximate surface area is 106 Å². The molecule has 0 amide bonds. The average molecular weight is 274 g/mol. The highest BCUT2D eigenvalue weighted by Gasteiger charge is 2.29. The Balaban J connectivity index is 1.95. The highest BCUT2D eigenvalue weighted by molar-refractivity contribution is 7.91. The van der Waals surface area contributed by atoms with E-state index in [0.29, 0.717) is 12.3 Å². The normalized spacial score (nSPS) is 24.0. The molecule has 1 aromatic rings. The standard InChI is InChI=1S/C10H18N4O3S/c1-3-11-7(2)9-13-14-10(17-9)12-8-4-5-18(15,16)6-8/h7-8,11H,3-6H2,1-2H3,(H,12,14). The summed E-state index contributed by atoms with van der Waals surface area (Å²) < 4.78 is 28.1. The first-order valence-electron chi connectivity index (χ1n) is 6.04. The van der Waals surface area contributed by atoms with Crippen LogP contribution >= 0.6 is 0 Å². The van der Waals surface area contributed by atoms with Crippen LogP contribution in [0.4, 0.5) is 6.01 Å². The molecule has 1 saturated heterocycles. The summed E-state index contributed by atoms with van der Waals surface area (Å²) in [5.74, 6) is 0.854. The smallest absolute Gasteiger partial charge is 0.315 e. The maximum Gasteiger partial charge on any atom is 0.315 e. The van der Waals surface area contributed by atoms with Crippen LogP contribution in [0.2, 0.25) is 0 Å². The molecule has 1 fully saturated rings. The predicted molar refractivity (Wildman–Crippen MR) is 67.1 cm³/mol. The molecule has 0 bridgehead atoms. The number of rotatable bonds is 5. The zero-order chi connectivity index (χ0) is 13.2. The van der Waals surface area contributed by atoms with E-state index in [4.69, 9.17) is 4.42 Å². The van der Waals surface area contributed by atoms with Gasteiger partial charge in [-0.2, -0.15) is 0 Å². The van der Waals surface area contributed by atoms with Gasteiger partial charge in [0.1, 0.15) is 0 Å². The summed E-state index contributed by atoms with van der Waals surface area (Å²) in [4.78, 5) is 0. The Morgan fingerprint density at radius 2 is 2.28 bits per heavy atom. The minimum absolute atomic E-state index is 0.00893. The highest BCUT2D eigenvalue weighted by atomic mass is 32.2. The molecule has 2 N–H and O–H groups in total. The lowest BCUT2D eigenvalue weighted by atomic mass is 10.3. The molecule has 102 valence electrons. The van der Waals surface area contributed by atoms with E-state index in [1.807, 2.05) is 13.8 Å². The molecular weight excluding hydrogens is 256 g/mol. The first-order chi connectivity index (χ1) is 8.50. The van der Waals surface area contributed by atoms with Gasteiger partial charge in [0.15, 0.2) is 9.84 Å². The van der Waals surface area contributed by atoms with Gasteiger partial charge in [-0.15, -0.1) is 5.10 Å². The molecule has 2 heterocycles. The average Bonchev–Trinajstić information content (AvgIpc) is 2.86. The van der Waals surface area contributed by atoms with E-state index in [1.165, 1.54) is 0 Å². The van der Waals surface area contributed by atoms with Crippen molar-refractivity contribution in [1.82, 2.24) is 15.5 Å². The first-order valence-corrected chi connectivity index (χ1v) is 7.86. The topological polar surface area (TPSA) is 97.1 Å². The number of aromatic nitrogens is 2. The fraction of sp³-hybridized carbons (Fsp3) is 0.800. The van der Waals surface area contributed by atoms with E-state index < -0.39 is 9.84 Å². The van der Waals surface area contributed by atoms with Crippen LogP contribution in [-0.2, 0) is 9.84 Å². The van der Waals surface area contributed by atoms with Gasteiger partial charge >= 0.3 is 6.01 Å².